The number of ketones is 1. The molecular formula is C26H42N4O5. The number of Topliss-reactive ketones (excluding diaryl/α,β-unsaturated/α-hetero) is 1. The van der Waals surface area contributed by atoms with Crippen LogP contribution in [-0.4, -0.2) is 72.5 Å². The Hall–Kier alpha value is -2.42. The largest absolute Gasteiger partial charge is 0.378 e. The summed E-state index contributed by atoms with van der Waals surface area (Å²) in [6, 6.07) is -1.39. The van der Waals surface area contributed by atoms with Crippen LogP contribution in [0.1, 0.15) is 84.0 Å². The maximum atomic E-state index is 13.6. The van der Waals surface area contributed by atoms with Gasteiger partial charge in [0, 0.05) is 13.1 Å². The smallest absolute Gasteiger partial charge is 0.318 e. The number of nitrogens with one attached hydrogen (secondary N) is 3. The molecule has 3 aliphatic rings. The van der Waals surface area contributed by atoms with Crippen molar-refractivity contribution in [2.45, 2.75) is 102 Å². The van der Waals surface area contributed by atoms with Gasteiger partial charge < -0.3 is 25.6 Å². The summed E-state index contributed by atoms with van der Waals surface area (Å²) in [7, 11) is 0. The summed E-state index contributed by atoms with van der Waals surface area (Å²) in [4.78, 5) is 54.2. The highest BCUT2D eigenvalue weighted by Crippen LogP contribution is 2.29. The number of morpholine rings is 1. The van der Waals surface area contributed by atoms with Gasteiger partial charge in [-0.25, -0.2) is 4.79 Å². The maximum Gasteiger partial charge on any atom is 0.318 e. The summed E-state index contributed by atoms with van der Waals surface area (Å²) in [6.07, 6.45) is 9.22. The Balaban J connectivity index is 1.69. The van der Waals surface area contributed by atoms with Crippen LogP contribution in [0, 0.1) is 0 Å². The second-order valence-electron chi connectivity index (χ2n) is 10.1. The Labute approximate surface area is 208 Å². The number of nitrogens with zero attached hydrogens (tertiary/aromatic N) is 1. The van der Waals surface area contributed by atoms with Gasteiger partial charge in [-0.3, -0.25) is 14.4 Å². The van der Waals surface area contributed by atoms with E-state index in [1.54, 1.807) is 4.90 Å². The molecule has 0 bridgehead atoms. The minimum absolute atomic E-state index is 0.194. The molecule has 2 atom stereocenters. The number of rotatable bonds is 9. The predicted octanol–water partition coefficient (Wildman–Crippen LogP) is 2.59. The third kappa shape index (κ3) is 7.29. The minimum Gasteiger partial charge on any atom is -0.378 e. The molecule has 2 saturated carbocycles. The highest BCUT2D eigenvalue weighted by molar-refractivity contribution is 6.38. The Morgan fingerprint density at radius 3 is 2.46 bits per heavy atom. The van der Waals surface area contributed by atoms with Crippen molar-refractivity contribution < 1.29 is 23.9 Å². The Kier molecular flexibility index (Phi) is 10.1. The average Bonchev–Trinajstić information content (AvgIpc) is 2.88. The predicted molar refractivity (Wildman–Crippen MR) is 133 cm³/mol. The third-order valence-corrected chi connectivity index (χ3v) is 7.52. The fourth-order valence-electron chi connectivity index (χ4n) is 5.23. The first-order valence-corrected chi connectivity index (χ1v) is 13.3. The van der Waals surface area contributed by atoms with Crippen LogP contribution in [0.4, 0.5) is 4.79 Å². The van der Waals surface area contributed by atoms with Crippen molar-refractivity contribution in [3.05, 3.63) is 12.2 Å². The Bertz CT molecular complexity index is 787. The molecule has 9 heteroatoms. The molecule has 3 rings (SSSR count). The van der Waals surface area contributed by atoms with E-state index in [1.165, 1.54) is 0 Å². The van der Waals surface area contributed by atoms with Crippen molar-refractivity contribution in [2.24, 2.45) is 0 Å². The third-order valence-electron chi connectivity index (χ3n) is 7.52. The fraction of sp³-hybridized carbons (Fsp3) is 0.769. The van der Waals surface area contributed by atoms with E-state index in [1.807, 2.05) is 6.92 Å². The van der Waals surface area contributed by atoms with E-state index in [-0.39, 0.29) is 18.0 Å². The van der Waals surface area contributed by atoms with Crippen LogP contribution in [-0.2, 0) is 19.1 Å². The molecule has 3 N–H and O–H groups in total. The number of carbonyl (C=O) groups excluding carboxylic acids is 4. The molecule has 0 aromatic carbocycles. The van der Waals surface area contributed by atoms with Gasteiger partial charge in [0.15, 0.2) is 0 Å². The van der Waals surface area contributed by atoms with Crippen molar-refractivity contribution in [1.29, 1.82) is 0 Å². The van der Waals surface area contributed by atoms with Crippen LogP contribution in [0.25, 0.3) is 0 Å². The summed E-state index contributed by atoms with van der Waals surface area (Å²) in [5.74, 6) is -1.67. The molecule has 35 heavy (non-hydrogen) atoms. The second-order valence-corrected chi connectivity index (χ2v) is 10.1. The van der Waals surface area contributed by atoms with Gasteiger partial charge in [-0.2, -0.15) is 0 Å². The molecule has 1 saturated heterocycles. The van der Waals surface area contributed by atoms with Crippen molar-refractivity contribution in [1.82, 2.24) is 20.9 Å². The standard InChI is InChI=1S/C26H42N4O5/c1-3-4-11-21(22(31)23(32)27-20-12-7-6-10-19(20)2)28-24(33)26(13-8-5-9-14-26)29-25(34)30-15-17-35-18-16-30/h20-21H,2-18H2,1H3,(H,27,32)(H,28,33)(H,29,34). The lowest BCUT2D eigenvalue weighted by Gasteiger charge is -2.39. The topological polar surface area (TPSA) is 117 Å². The number of carbonyl (C=O) groups is 4. The van der Waals surface area contributed by atoms with Gasteiger partial charge in [-0.05, 0) is 38.5 Å². The zero-order valence-corrected chi connectivity index (χ0v) is 21.2. The van der Waals surface area contributed by atoms with E-state index >= 15 is 0 Å². The number of unbranched alkanes of at least 4 members (excludes halogenated alkanes) is 1. The van der Waals surface area contributed by atoms with Gasteiger partial charge in [0.2, 0.25) is 11.7 Å². The number of urea groups is 1. The second kappa shape index (κ2) is 13.0. The maximum absolute atomic E-state index is 13.6. The highest BCUT2D eigenvalue weighted by atomic mass is 16.5. The summed E-state index contributed by atoms with van der Waals surface area (Å²) < 4.78 is 5.33. The highest BCUT2D eigenvalue weighted by Gasteiger charge is 2.43. The minimum atomic E-state index is -1.08. The first-order valence-electron chi connectivity index (χ1n) is 13.3. The zero-order valence-electron chi connectivity index (χ0n) is 21.2. The molecule has 2 aliphatic carbocycles. The van der Waals surface area contributed by atoms with E-state index in [0.29, 0.717) is 52.0 Å². The van der Waals surface area contributed by atoms with Gasteiger partial charge in [-0.15, -0.1) is 0 Å². The summed E-state index contributed by atoms with van der Waals surface area (Å²) >= 11 is 0. The molecule has 0 aromatic rings. The fourth-order valence-corrected chi connectivity index (χ4v) is 5.23. The molecule has 0 radical (unpaired) electrons. The Morgan fingerprint density at radius 1 is 1.09 bits per heavy atom. The summed E-state index contributed by atoms with van der Waals surface area (Å²) in [6.45, 7) is 7.95. The van der Waals surface area contributed by atoms with Gasteiger partial charge in [0.1, 0.15) is 5.54 Å². The van der Waals surface area contributed by atoms with Crippen LogP contribution in [0.3, 0.4) is 0 Å². The van der Waals surface area contributed by atoms with Gasteiger partial charge in [0.25, 0.3) is 5.91 Å². The number of ether oxygens (including phenoxy) is 1. The molecule has 1 heterocycles. The molecule has 0 spiro atoms. The normalized spacial score (nSPS) is 23.2. The van der Waals surface area contributed by atoms with Crippen LogP contribution in [0.2, 0.25) is 0 Å². The molecule has 1 aliphatic heterocycles. The van der Waals surface area contributed by atoms with Gasteiger partial charge in [-0.1, -0.05) is 57.6 Å². The van der Waals surface area contributed by atoms with Crippen molar-refractivity contribution in [3.8, 4) is 0 Å². The van der Waals surface area contributed by atoms with Crippen molar-refractivity contribution >= 4 is 23.6 Å². The van der Waals surface area contributed by atoms with E-state index in [4.69, 9.17) is 4.74 Å². The molecule has 2 unspecified atom stereocenters. The van der Waals surface area contributed by atoms with E-state index < -0.39 is 23.3 Å². The monoisotopic (exact) mass is 490 g/mol. The Morgan fingerprint density at radius 2 is 1.80 bits per heavy atom. The number of amides is 4. The summed E-state index contributed by atoms with van der Waals surface area (Å²) in [5.41, 5.74) is -0.134. The van der Waals surface area contributed by atoms with Crippen LogP contribution >= 0.6 is 0 Å². The number of hydrogen-bond donors (Lipinski definition) is 3. The van der Waals surface area contributed by atoms with E-state index in [0.717, 1.165) is 56.9 Å². The van der Waals surface area contributed by atoms with Gasteiger partial charge in [0.05, 0.1) is 25.3 Å². The molecule has 196 valence electrons. The molecule has 3 fully saturated rings. The van der Waals surface area contributed by atoms with Crippen LogP contribution in [0.5, 0.6) is 0 Å². The molecule has 9 nitrogen and oxygen atoms in total. The van der Waals surface area contributed by atoms with E-state index in [9.17, 15) is 19.2 Å². The lowest BCUT2D eigenvalue weighted by Crippen LogP contribution is -2.64. The molecule has 0 aromatic heterocycles. The quantitative estimate of drug-likeness (QED) is 0.339. The SMILES string of the molecule is C=C1CCCCC1NC(=O)C(=O)C(CCCC)NC(=O)C1(NC(=O)N2CCOCC2)CCCCC1. The van der Waals surface area contributed by atoms with Gasteiger partial charge >= 0.3 is 6.03 Å². The van der Waals surface area contributed by atoms with Crippen LogP contribution in [0.15, 0.2) is 12.2 Å². The summed E-state index contributed by atoms with van der Waals surface area (Å²) in [5, 5.41) is 8.70. The van der Waals surface area contributed by atoms with E-state index in [2.05, 4.69) is 22.5 Å². The molecule has 4 amide bonds. The number of hydrogen-bond acceptors (Lipinski definition) is 5. The zero-order chi connectivity index (χ0) is 25.3. The van der Waals surface area contributed by atoms with Crippen molar-refractivity contribution in [2.75, 3.05) is 26.3 Å². The first-order chi connectivity index (χ1) is 16.9. The average molecular weight is 491 g/mol. The lowest BCUT2D eigenvalue weighted by atomic mass is 9.80. The van der Waals surface area contributed by atoms with Crippen LogP contribution < -0.4 is 16.0 Å². The lowest BCUT2D eigenvalue weighted by molar-refractivity contribution is -0.141. The first kappa shape index (κ1) is 27.2. The van der Waals surface area contributed by atoms with Crippen molar-refractivity contribution in [3.63, 3.8) is 0 Å². The molecular weight excluding hydrogens is 448 g/mol.